The minimum absolute atomic E-state index is 0.776. The van der Waals surface area contributed by atoms with Gasteiger partial charge in [0.15, 0.2) is 0 Å². The van der Waals surface area contributed by atoms with Gasteiger partial charge in [0.25, 0.3) is 0 Å². The highest BCUT2D eigenvalue weighted by Crippen LogP contribution is 2.19. The van der Waals surface area contributed by atoms with Gasteiger partial charge in [-0.3, -0.25) is 4.98 Å². The lowest BCUT2D eigenvalue weighted by molar-refractivity contribution is 0.342. The summed E-state index contributed by atoms with van der Waals surface area (Å²) in [6.45, 7) is 1.07. The van der Waals surface area contributed by atoms with E-state index in [9.17, 15) is 0 Å². The normalized spacial score (nSPS) is 16.0. The molecule has 2 aromatic rings. The van der Waals surface area contributed by atoms with Gasteiger partial charge in [-0.2, -0.15) is 0 Å². The molecule has 1 aliphatic carbocycles. The third kappa shape index (κ3) is 2.32. The summed E-state index contributed by atoms with van der Waals surface area (Å²) in [5.41, 5.74) is 2.51. The van der Waals surface area contributed by atoms with Crippen LogP contribution in [0.25, 0.3) is 10.9 Å². The summed E-state index contributed by atoms with van der Waals surface area (Å²) in [4.78, 5) is 4.49. The van der Waals surface area contributed by atoms with Crippen molar-refractivity contribution in [2.75, 3.05) is 6.54 Å². The maximum atomic E-state index is 4.49. The van der Waals surface area contributed by atoms with Gasteiger partial charge in [0, 0.05) is 17.6 Å². The van der Waals surface area contributed by atoms with Crippen LogP contribution in [-0.4, -0.2) is 17.6 Å². The summed E-state index contributed by atoms with van der Waals surface area (Å²) in [6, 6.07) is 11.4. The Balaban J connectivity index is 1.71. The summed E-state index contributed by atoms with van der Waals surface area (Å²) in [7, 11) is 0. The van der Waals surface area contributed by atoms with Crippen LogP contribution < -0.4 is 5.32 Å². The molecule has 1 aromatic heterocycles. The number of rotatable bonds is 4. The molecule has 1 fully saturated rings. The summed E-state index contributed by atoms with van der Waals surface area (Å²) >= 11 is 0. The van der Waals surface area contributed by atoms with Crippen molar-refractivity contribution < 1.29 is 0 Å². The second-order valence-corrected chi connectivity index (χ2v) is 4.82. The zero-order valence-corrected chi connectivity index (χ0v) is 10.0. The van der Waals surface area contributed by atoms with Gasteiger partial charge in [-0.25, -0.2) is 0 Å². The lowest BCUT2D eigenvalue weighted by Crippen LogP contribution is -2.36. The molecule has 1 aliphatic rings. The smallest absolute Gasteiger partial charge is 0.0734 e. The maximum Gasteiger partial charge on any atom is 0.0734 e. The Morgan fingerprint density at radius 3 is 2.88 bits per heavy atom. The minimum Gasteiger partial charge on any atom is -0.314 e. The standard InChI is InChI=1S/C15H18N2/c1-4-12-6-3-10-17-15(12)13(5-1)9-11-16-14-7-2-8-14/h1,3-6,10,14,16H,2,7-9,11H2. The number of benzene rings is 1. The molecule has 3 rings (SSSR count). The Hall–Kier alpha value is -1.41. The van der Waals surface area contributed by atoms with Crippen molar-refractivity contribution >= 4 is 10.9 Å². The van der Waals surface area contributed by atoms with Crippen LogP contribution >= 0.6 is 0 Å². The first-order chi connectivity index (χ1) is 8.43. The second kappa shape index (κ2) is 4.84. The van der Waals surface area contributed by atoms with E-state index in [1.807, 2.05) is 12.3 Å². The van der Waals surface area contributed by atoms with Crippen molar-refractivity contribution in [3.05, 3.63) is 42.1 Å². The molecule has 2 nitrogen and oxygen atoms in total. The summed E-state index contributed by atoms with van der Waals surface area (Å²) in [5, 5.41) is 4.85. The Labute approximate surface area is 102 Å². The zero-order valence-electron chi connectivity index (χ0n) is 10.0. The molecule has 88 valence electrons. The van der Waals surface area contributed by atoms with Crippen molar-refractivity contribution in [2.24, 2.45) is 0 Å². The quantitative estimate of drug-likeness (QED) is 0.867. The van der Waals surface area contributed by atoms with E-state index in [0.29, 0.717) is 0 Å². The molecule has 1 saturated carbocycles. The minimum atomic E-state index is 0.776. The van der Waals surface area contributed by atoms with E-state index in [4.69, 9.17) is 0 Å². The van der Waals surface area contributed by atoms with Gasteiger partial charge in [0.1, 0.15) is 0 Å². The zero-order chi connectivity index (χ0) is 11.5. The molecule has 2 heteroatoms. The Morgan fingerprint density at radius 1 is 1.18 bits per heavy atom. The molecule has 1 N–H and O–H groups in total. The van der Waals surface area contributed by atoms with Gasteiger partial charge in [0.2, 0.25) is 0 Å². The SMILES string of the molecule is c1cnc2c(CCNC3CCC3)cccc2c1. The molecule has 17 heavy (non-hydrogen) atoms. The Morgan fingerprint density at radius 2 is 2.06 bits per heavy atom. The third-order valence-corrected chi connectivity index (χ3v) is 3.65. The molecule has 0 radical (unpaired) electrons. The molecular weight excluding hydrogens is 208 g/mol. The summed E-state index contributed by atoms with van der Waals surface area (Å²) in [6.07, 6.45) is 7.06. The van der Waals surface area contributed by atoms with E-state index in [-0.39, 0.29) is 0 Å². The summed E-state index contributed by atoms with van der Waals surface area (Å²) < 4.78 is 0. The molecular formula is C15H18N2. The molecule has 0 spiro atoms. The van der Waals surface area contributed by atoms with Crippen LogP contribution in [0.15, 0.2) is 36.5 Å². The fourth-order valence-electron chi connectivity index (χ4n) is 2.39. The van der Waals surface area contributed by atoms with E-state index in [0.717, 1.165) is 24.5 Å². The highest BCUT2D eigenvalue weighted by atomic mass is 14.9. The van der Waals surface area contributed by atoms with Gasteiger partial charge < -0.3 is 5.32 Å². The second-order valence-electron chi connectivity index (χ2n) is 4.82. The fraction of sp³-hybridized carbons (Fsp3) is 0.400. The average Bonchev–Trinajstić information content (AvgIpc) is 2.32. The lowest BCUT2D eigenvalue weighted by atomic mass is 9.93. The lowest BCUT2D eigenvalue weighted by Gasteiger charge is -2.26. The first-order valence-corrected chi connectivity index (χ1v) is 6.49. The molecule has 0 unspecified atom stereocenters. The first-order valence-electron chi connectivity index (χ1n) is 6.49. The van der Waals surface area contributed by atoms with Crippen LogP contribution in [0.3, 0.4) is 0 Å². The van der Waals surface area contributed by atoms with Crippen molar-refractivity contribution in [2.45, 2.75) is 31.7 Å². The Kier molecular flexibility index (Phi) is 3.06. The largest absolute Gasteiger partial charge is 0.314 e. The van der Waals surface area contributed by atoms with Gasteiger partial charge >= 0.3 is 0 Å². The highest BCUT2D eigenvalue weighted by molar-refractivity contribution is 5.81. The number of para-hydroxylation sites is 1. The molecule has 0 amide bonds. The predicted octanol–water partition coefficient (Wildman–Crippen LogP) is 2.92. The van der Waals surface area contributed by atoms with Gasteiger partial charge in [-0.1, -0.05) is 30.7 Å². The number of aromatic nitrogens is 1. The summed E-state index contributed by atoms with van der Waals surface area (Å²) in [5.74, 6) is 0. The van der Waals surface area contributed by atoms with Crippen LogP contribution in [-0.2, 0) is 6.42 Å². The van der Waals surface area contributed by atoms with Gasteiger partial charge in [-0.05, 0) is 37.4 Å². The predicted molar refractivity (Wildman–Crippen MR) is 71.1 cm³/mol. The fourth-order valence-corrected chi connectivity index (χ4v) is 2.39. The third-order valence-electron chi connectivity index (χ3n) is 3.65. The topological polar surface area (TPSA) is 24.9 Å². The highest BCUT2D eigenvalue weighted by Gasteiger charge is 2.15. The number of nitrogens with one attached hydrogen (secondary N) is 1. The van der Waals surface area contributed by atoms with Gasteiger partial charge in [-0.15, -0.1) is 0 Å². The van der Waals surface area contributed by atoms with E-state index in [1.54, 1.807) is 0 Å². The molecule has 1 heterocycles. The van der Waals surface area contributed by atoms with Crippen LogP contribution in [0.2, 0.25) is 0 Å². The molecule has 1 aromatic carbocycles. The van der Waals surface area contributed by atoms with E-state index >= 15 is 0 Å². The van der Waals surface area contributed by atoms with Crippen LogP contribution in [0.5, 0.6) is 0 Å². The Bertz CT molecular complexity index is 498. The number of hydrogen-bond donors (Lipinski definition) is 1. The molecule has 0 aliphatic heterocycles. The van der Waals surface area contributed by atoms with Crippen LogP contribution in [0.1, 0.15) is 24.8 Å². The van der Waals surface area contributed by atoms with Crippen LogP contribution in [0.4, 0.5) is 0 Å². The van der Waals surface area contributed by atoms with Crippen molar-refractivity contribution in [3.63, 3.8) is 0 Å². The number of hydrogen-bond acceptors (Lipinski definition) is 2. The van der Waals surface area contributed by atoms with Crippen molar-refractivity contribution in [3.8, 4) is 0 Å². The number of fused-ring (bicyclic) bond motifs is 1. The van der Waals surface area contributed by atoms with Crippen molar-refractivity contribution in [1.29, 1.82) is 0 Å². The number of nitrogens with zero attached hydrogens (tertiary/aromatic N) is 1. The van der Waals surface area contributed by atoms with Crippen molar-refractivity contribution in [1.82, 2.24) is 10.3 Å². The van der Waals surface area contributed by atoms with Crippen LogP contribution in [0, 0.1) is 0 Å². The van der Waals surface area contributed by atoms with E-state index < -0.39 is 0 Å². The monoisotopic (exact) mass is 226 g/mol. The van der Waals surface area contributed by atoms with Gasteiger partial charge in [0.05, 0.1) is 5.52 Å². The average molecular weight is 226 g/mol. The molecule has 0 atom stereocenters. The number of pyridine rings is 1. The first kappa shape index (κ1) is 10.7. The van der Waals surface area contributed by atoms with E-state index in [2.05, 4.69) is 34.6 Å². The molecule has 0 bridgehead atoms. The molecule has 0 saturated heterocycles. The van der Waals surface area contributed by atoms with E-state index in [1.165, 1.54) is 30.2 Å². The maximum absolute atomic E-state index is 4.49.